The number of para-hydroxylation sites is 2. The summed E-state index contributed by atoms with van der Waals surface area (Å²) < 4.78 is 7.45. The third kappa shape index (κ3) is 3.71. The Bertz CT molecular complexity index is 815. The molecular formula is C19H24N4O3. The van der Waals surface area contributed by atoms with E-state index in [0.717, 1.165) is 36.5 Å². The second kappa shape index (κ2) is 7.59. The molecule has 0 saturated carbocycles. The molecule has 1 unspecified atom stereocenters. The first-order valence-electron chi connectivity index (χ1n) is 8.79. The normalized spacial score (nSPS) is 18.6. The Hall–Kier alpha value is -2.83. The Balaban J connectivity index is 0.000000151. The van der Waals surface area contributed by atoms with Gasteiger partial charge < -0.3 is 19.9 Å². The average Bonchev–Trinajstić information content (AvgIpc) is 2.99. The van der Waals surface area contributed by atoms with Gasteiger partial charge in [0.1, 0.15) is 11.4 Å². The molecule has 0 bridgehead atoms. The molecule has 2 aliphatic heterocycles. The highest BCUT2D eigenvalue weighted by Gasteiger charge is 2.21. The molecular weight excluding hydrogens is 332 g/mol. The zero-order chi connectivity index (χ0) is 18.7. The van der Waals surface area contributed by atoms with Crippen molar-refractivity contribution in [3.05, 3.63) is 42.0 Å². The molecule has 26 heavy (non-hydrogen) atoms. The number of carbonyl (C=O) groups excluding carboxylic acids is 2. The summed E-state index contributed by atoms with van der Waals surface area (Å²) in [5, 5.41) is 0. The number of imidazole rings is 1. The van der Waals surface area contributed by atoms with Crippen molar-refractivity contribution >= 4 is 17.5 Å². The van der Waals surface area contributed by atoms with E-state index in [4.69, 9.17) is 10.5 Å². The number of amides is 2. The van der Waals surface area contributed by atoms with Gasteiger partial charge >= 0.3 is 0 Å². The molecule has 4 rings (SSSR count). The molecule has 2 aromatic rings. The Labute approximate surface area is 152 Å². The highest BCUT2D eigenvalue weighted by atomic mass is 16.5. The van der Waals surface area contributed by atoms with Crippen LogP contribution in [0.5, 0.6) is 5.75 Å². The van der Waals surface area contributed by atoms with Crippen molar-refractivity contribution in [2.75, 3.05) is 18.6 Å². The van der Waals surface area contributed by atoms with E-state index in [1.165, 1.54) is 0 Å². The number of aromatic nitrogens is 2. The molecule has 2 N–H and O–H groups in total. The van der Waals surface area contributed by atoms with E-state index < -0.39 is 5.91 Å². The zero-order valence-electron chi connectivity index (χ0n) is 15.1. The first-order valence-corrected chi connectivity index (χ1v) is 8.79. The van der Waals surface area contributed by atoms with E-state index >= 15 is 0 Å². The fourth-order valence-electron chi connectivity index (χ4n) is 3.22. The van der Waals surface area contributed by atoms with Gasteiger partial charge in [0.2, 0.25) is 5.91 Å². The first-order chi connectivity index (χ1) is 12.5. The lowest BCUT2D eigenvalue weighted by molar-refractivity contribution is -0.118. The van der Waals surface area contributed by atoms with Crippen LogP contribution < -0.4 is 15.4 Å². The molecule has 7 heteroatoms. The van der Waals surface area contributed by atoms with Crippen molar-refractivity contribution in [1.82, 2.24) is 9.55 Å². The van der Waals surface area contributed by atoms with Crippen LogP contribution in [0.25, 0.3) is 0 Å². The molecule has 0 saturated heterocycles. The van der Waals surface area contributed by atoms with E-state index in [1.807, 2.05) is 28.8 Å². The summed E-state index contributed by atoms with van der Waals surface area (Å²) in [6.07, 6.45) is 4.23. The minimum Gasteiger partial charge on any atom is -0.491 e. The van der Waals surface area contributed by atoms with Crippen molar-refractivity contribution in [2.45, 2.75) is 32.7 Å². The predicted octanol–water partition coefficient (Wildman–Crippen LogP) is 2.00. The largest absolute Gasteiger partial charge is 0.491 e. The van der Waals surface area contributed by atoms with Gasteiger partial charge in [0.05, 0.1) is 30.7 Å². The fraction of sp³-hybridized carbons (Fsp3) is 0.421. The van der Waals surface area contributed by atoms with Crippen molar-refractivity contribution in [2.24, 2.45) is 11.7 Å². The highest BCUT2D eigenvalue weighted by molar-refractivity contribution is 5.95. The number of rotatable bonds is 1. The Morgan fingerprint density at radius 3 is 2.88 bits per heavy atom. The summed E-state index contributed by atoms with van der Waals surface area (Å²) in [6, 6.07) is 7.57. The van der Waals surface area contributed by atoms with E-state index in [9.17, 15) is 9.59 Å². The van der Waals surface area contributed by atoms with Crippen molar-refractivity contribution in [3.8, 4) is 5.75 Å². The summed E-state index contributed by atoms with van der Waals surface area (Å²) in [4.78, 5) is 28.1. The molecule has 0 fully saturated rings. The van der Waals surface area contributed by atoms with Gasteiger partial charge in [0.15, 0.2) is 0 Å². The van der Waals surface area contributed by atoms with Crippen LogP contribution in [-0.2, 0) is 17.8 Å². The molecule has 1 aromatic carbocycles. The van der Waals surface area contributed by atoms with Crippen LogP contribution >= 0.6 is 0 Å². The SMILES string of the molecule is CC1CCn2cnc(C(N)=O)c2C1.CN1C(=O)CCOc2ccccc21. The number of nitrogens with zero attached hydrogens (tertiary/aromatic N) is 3. The monoisotopic (exact) mass is 356 g/mol. The van der Waals surface area contributed by atoms with Crippen LogP contribution in [0, 0.1) is 5.92 Å². The van der Waals surface area contributed by atoms with Gasteiger partial charge in [-0.05, 0) is 30.9 Å². The minimum atomic E-state index is -0.414. The van der Waals surface area contributed by atoms with Gasteiger partial charge in [-0.3, -0.25) is 9.59 Å². The Morgan fingerprint density at radius 1 is 1.35 bits per heavy atom. The third-order valence-electron chi connectivity index (χ3n) is 4.76. The molecule has 1 atom stereocenters. The Kier molecular flexibility index (Phi) is 5.25. The summed E-state index contributed by atoms with van der Waals surface area (Å²) in [5.41, 5.74) is 7.52. The molecule has 1 aromatic heterocycles. The summed E-state index contributed by atoms with van der Waals surface area (Å²) in [6.45, 7) is 3.61. The lowest BCUT2D eigenvalue weighted by Crippen LogP contribution is -2.24. The van der Waals surface area contributed by atoms with Gasteiger partial charge in [-0.15, -0.1) is 0 Å². The highest BCUT2D eigenvalue weighted by Crippen LogP contribution is 2.29. The molecule has 0 spiro atoms. The maximum Gasteiger partial charge on any atom is 0.269 e. The third-order valence-corrected chi connectivity index (χ3v) is 4.76. The number of primary amides is 1. The van der Waals surface area contributed by atoms with E-state index in [-0.39, 0.29) is 5.91 Å². The van der Waals surface area contributed by atoms with Gasteiger partial charge in [0.25, 0.3) is 5.91 Å². The quantitative estimate of drug-likeness (QED) is 0.846. The molecule has 2 aliphatic rings. The van der Waals surface area contributed by atoms with Gasteiger partial charge in [0, 0.05) is 13.6 Å². The molecule has 3 heterocycles. The number of aryl methyl sites for hydroxylation is 1. The number of nitrogens with two attached hydrogens (primary N) is 1. The average molecular weight is 356 g/mol. The number of ether oxygens (including phenoxy) is 1. The number of hydrogen-bond donors (Lipinski definition) is 1. The van der Waals surface area contributed by atoms with Crippen LogP contribution in [0.1, 0.15) is 35.9 Å². The van der Waals surface area contributed by atoms with Crippen LogP contribution in [0.2, 0.25) is 0 Å². The van der Waals surface area contributed by atoms with Crippen LogP contribution in [0.4, 0.5) is 5.69 Å². The second-order valence-electron chi connectivity index (χ2n) is 6.71. The van der Waals surface area contributed by atoms with Crippen LogP contribution in [0.15, 0.2) is 30.6 Å². The van der Waals surface area contributed by atoms with Crippen LogP contribution in [-0.4, -0.2) is 35.0 Å². The molecule has 0 aliphatic carbocycles. The van der Waals surface area contributed by atoms with Gasteiger partial charge in [-0.2, -0.15) is 0 Å². The lowest BCUT2D eigenvalue weighted by Gasteiger charge is -2.20. The molecule has 0 radical (unpaired) electrons. The standard InChI is InChI=1S/C10H11NO2.C9H13N3O/c1-11-8-4-2-3-5-9(8)13-7-6-10(11)12;1-6-2-3-12-5-11-8(9(10)13)7(12)4-6/h2-5H,6-7H2,1H3;5-6H,2-4H2,1H3,(H2,10,13). The molecule has 2 amide bonds. The number of carbonyl (C=O) groups is 2. The summed E-state index contributed by atoms with van der Waals surface area (Å²) in [5.74, 6) is 1.10. The summed E-state index contributed by atoms with van der Waals surface area (Å²) in [7, 11) is 1.77. The van der Waals surface area contributed by atoms with E-state index in [1.54, 1.807) is 18.3 Å². The number of benzene rings is 1. The smallest absolute Gasteiger partial charge is 0.269 e. The topological polar surface area (TPSA) is 90.5 Å². The minimum absolute atomic E-state index is 0.102. The van der Waals surface area contributed by atoms with Gasteiger partial charge in [-0.1, -0.05) is 19.1 Å². The molecule has 7 nitrogen and oxygen atoms in total. The molecule has 138 valence electrons. The van der Waals surface area contributed by atoms with E-state index in [0.29, 0.717) is 24.6 Å². The lowest BCUT2D eigenvalue weighted by atomic mass is 9.97. The summed E-state index contributed by atoms with van der Waals surface area (Å²) >= 11 is 0. The van der Waals surface area contributed by atoms with Crippen molar-refractivity contribution in [1.29, 1.82) is 0 Å². The second-order valence-corrected chi connectivity index (χ2v) is 6.71. The fourth-order valence-corrected chi connectivity index (χ4v) is 3.22. The zero-order valence-corrected chi connectivity index (χ0v) is 15.1. The maximum absolute atomic E-state index is 11.4. The maximum atomic E-state index is 11.4. The predicted molar refractivity (Wildman–Crippen MR) is 98.2 cm³/mol. The Morgan fingerprint density at radius 2 is 2.12 bits per heavy atom. The number of hydrogen-bond acceptors (Lipinski definition) is 4. The number of anilines is 1. The van der Waals surface area contributed by atoms with E-state index in [2.05, 4.69) is 11.9 Å². The number of fused-ring (bicyclic) bond motifs is 2. The van der Waals surface area contributed by atoms with Crippen LogP contribution in [0.3, 0.4) is 0 Å². The van der Waals surface area contributed by atoms with Crippen molar-refractivity contribution in [3.63, 3.8) is 0 Å². The van der Waals surface area contributed by atoms with Crippen molar-refractivity contribution < 1.29 is 14.3 Å². The van der Waals surface area contributed by atoms with Gasteiger partial charge in [-0.25, -0.2) is 4.98 Å². The first kappa shape index (κ1) is 18.0.